The van der Waals surface area contributed by atoms with Crippen molar-refractivity contribution in [1.29, 1.82) is 0 Å². The molecule has 110 valence electrons. The number of benzene rings is 2. The van der Waals surface area contributed by atoms with Crippen molar-refractivity contribution >= 4 is 5.78 Å². The van der Waals surface area contributed by atoms with Crippen molar-refractivity contribution in [3.8, 4) is 0 Å². The second-order valence-corrected chi connectivity index (χ2v) is 4.43. The first-order valence-corrected chi connectivity index (χ1v) is 5.89. The highest BCUT2D eigenvalue weighted by molar-refractivity contribution is 6.10. The zero-order chi connectivity index (χ0) is 15.8. The van der Waals surface area contributed by atoms with Crippen LogP contribution in [-0.2, 0) is 6.18 Å². The number of hydrogen-bond acceptors (Lipinski definition) is 1. The molecule has 1 nitrogen and oxygen atoms in total. The largest absolute Gasteiger partial charge is 0.417 e. The lowest BCUT2D eigenvalue weighted by molar-refractivity contribution is -0.137. The molecule has 0 spiro atoms. The average molecular weight is 300 g/mol. The highest BCUT2D eigenvalue weighted by Gasteiger charge is 2.36. The molecule has 21 heavy (non-hydrogen) atoms. The number of carbonyl (C=O) groups excluding carboxylic acids is 1. The fraction of sp³-hybridized carbons (Fsp3) is 0.133. The Kier molecular flexibility index (Phi) is 3.80. The minimum Gasteiger partial charge on any atom is -0.288 e. The normalized spacial score (nSPS) is 11.5. The summed E-state index contributed by atoms with van der Waals surface area (Å²) in [5.74, 6) is -3.68. The van der Waals surface area contributed by atoms with Crippen molar-refractivity contribution < 1.29 is 26.7 Å². The van der Waals surface area contributed by atoms with Crippen LogP contribution in [0.5, 0.6) is 0 Å². The van der Waals surface area contributed by atoms with Gasteiger partial charge in [0.25, 0.3) is 0 Å². The minimum atomic E-state index is -4.79. The molecular weight excluding hydrogens is 291 g/mol. The van der Waals surface area contributed by atoms with E-state index in [9.17, 15) is 26.7 Å². The first kappa shape index (κ1) is 15.2. The first-order valence-electron chi connectivity index (χ1n) is 5.89. The van der Waals surface area contributed by atoms with Crippen molar-refractivity contribution in [2.45, 2.75) is 13.1 Å². The number of rotatable bonds is 2. The van der Waals surface area contributed by atoms with Gasteiger partial charge in [-0.3, -0.25) is 4.79 Å². The summed E-state index contributed by atoms with van der Waals surface area (Å²) in [6.45, 7) is 1.29. The van der Waals surface area contributed by atoms with Crippen LogP contribution in [0, 0.1) is 18.6 Å². The molecule has 0 atom stereocenters. The van der Waals surface area contributed by atoms with Crippen LogP contribution in [0.1, 0.15) is 27.0 Å². The molecule has 0 unspecified atom stereocenters. The molecule has 2 rings (SSSR count). The van der Waals surface area contributed by atoms with Crippen LogP contribution < -0.4 is 0 Å². The predicted octanol–water partition coefficient (Wildman–Crippen LogP) is 4.52. The quantitative estimate of drug-likeness (QED) is 0.588. The number of ketones is 1. The molecule has 6 heteroatoms. The lowest BCUT2D eigenvalue weighted by Gasteiger charge is -2.13. The van der Waals surface area contributed by atoms with Crippen LogP contribution >= 0.6 is 0 Å². The maximum Gasteiger partial charge on any atom is 0.417 e. The van der Waals surface area contributed by atoms with Gasteiger partial charge < -0.3 is 0 Å². The Balaban J connectivity index is 2.65. The molecule has 0 aromatic heterocycles. The van der Waals surface area contributed by atoms with Gasteiger partial charge in [-0.05, 0) is 24.6 Å². The zero-order valence-corrected chi connectivity index (χ0v) is 10.8. The van der Waals surface area contributed by atoms with E-state index in [0.717, 1.165) is 24.3 Å². The molecule has 0 aliphatic carbocycles. The maximum absolute atomic E-state index is 13.9. The van der Waals surface area contributed by atoms with E-state index in [0.29, 0.717) is 6.07 Å². The summed E-state index contributed by atoms with van der Waals surface area (Å²) in [5.41, 5.74) is -3.01. The Bertz CT molecular complexity index is 704. The van der Waals surface area contributed by atoms with E-state index in [2.05, 4.69) is 0 Å². The van der Waals surface area contributed by atoms with Gasteiger partial charge in [0.1, 0.15) is 11.6 Å². The Hall–Kier alpha value is -2.24. The third-order valence-corrected chi connectivity index (χ3v) is 2.99. The fourth-order valence-corrected chi connectivity index (χ4v) is 1.93. The number of halogens is 5. The summed E-state index contributed by atoms with van der Waals surface area (Å²) in [4.78, 5) is 12.1. The summed E-state index contributed by atoms with van der Waals surface area (Å²) >= 11 is 0. The molecule has 0 bridgehead atoms. The summed E-state index contributed by atoms with van der Waals surface area (Å²) in [5, 5.41) is 0. The van der Waals surface area contributed by atoms with Crippen LogP contribution in [0.25, 0.3) is 0 Å². The molecule has 0 aliphatic rings. The zero-order valence-electron chi connectivity index (χ0n) is 10.8. The first-order chi connectivity index (χ1) is 9.73. The number of alkyl halides is 3. The van der Waals surface area contributed by atoms with E-state index in [1.165, 1.54) is 13.0 Å². The molecule has 2 aromatic carbocycles. The lowest BCUT2D eigenvalue weighted by atomic mass is 9.96. The summed E-state index contributed by atoms with van der Waals surface area (Å²) in [6.07, 6.45) is -4.79. The monoisotopic (exact) mass is 300 g/mol. The number of carbonyl (C=O) groups is 1. The third kappa shape index (κ3) is 2.79. The van der Waals surface area contributed by atoms with E-state index in [1.807, 2.05) is 0 Å². The van der Waals surface area contributed by atoms with Gasteiger partial charge in [-0.15, -0.1) is 0 Å². The van der Waals surface area contributed by atoms with E-state index in [1.54, 1.807) is 0 Å². The van der Waals surface area contributed by atoms with E-state index in [-0.39, 0.29) is 5.56 Å². The topological polar surface area (TPSA) is 17.1 Å². The SMILES string of the molecule is Cc1ccc(F)c(C(=O)c2ccccc2C(F)(F)F)c1F. The van der Waals surface area contributed by atoms with E-state index < -0.39 is 40.3 Å². The summed E-state index contributed by atoms with van der Waals surface area (Å²) in [6, 6.07) is 5.85. The molecular formula is C15H9F5O. The van der Waals surface area contributed by atoms with E-state index >= 15 is 0 Å². The van der Waals surface area contributed by atoms with Crippen LogP contribution in [0.3, 0.4) is 0 Å². The van der Waals surface area contributed by atoms with Gasteiger partial charge in [0, 0.05) is 5.56 Å². The van der Waals surface area contributed by atoms with Gasteiger partial charge in [-0.2, -0.15) is 13.2 Å². The van der Waals surface area contributed by atoms with Gasteiger partial charge in [-0.25, -0.2) is 8.78 Å². The molecule has 0 aliphatic heterocycles. The van der Waals surface area contributed by atoms with Crippen LogP contribution in [-0.4, -0.2) is 5.78 Å². The molecule has 0 amide bonds. The van der Waals surface area contributed by atoms with Gasteiger partial charge in [-0.1, -0.05) is 24.3 Å². The smallest absolute Gasteiger partial charge is 0.288 e. The van der Waals surface area contributed by atoms with Crippen LogP contribution in [0.4, 0.5) is 22.0 Å². The lowest BCUT2D eigenvalue weighted by Crippen LogP contribution is -2.16. The fourth-order valence-electron chi connectivity index (χ4n) is 1.93. The Morgan fingerprint density at radius 2 is 1.62 bits per heavy atom. The van der Waals surface area contributed by atoms with Gasteiger partial charge in [0.2, 0.25) is 0 Å². The molecule has 0 N–H and O–H groups in total. The van der Waals surface area contributed by atoms with Gasteiger partial charge in [0.05, 0.1) is 11.1 Å². The Labute approximate surface area is 117 Å². The summed E-state index contributed by atoms with van der Waals surface area (Å²) < 4.78 is 66.1. The number of hydrogen-bond donors (Lipinski definition) is 0. The standard InChI is InChI=1S/C15H9F5O/c1-8-6-7-11(16)12(13(8)17)14(21)9-4-2-3-5-10(9)15(18,19)20/h2-7H,1H3. The van der Waals surface area contributed by atoms with E-state index in [4.69, 9.17) is 0 Å². The van der Waals surface area contributed by atoms with Crippen molar-refractivity contribution in [3.63, 3.8) is 0 Å². The summed E-state index contributed by atoms with van der Waals surface area (Å²) in [7, 11) is 0. The van der Waals surface area contributed by atoms with Crippen LogP contribution in [0.15, 0.2) is 36.4 Å². The van der Waals surface area contributed by atoms with Crippen molar-refractivity contribution in [3.05, 3.63) is 70.3 Å². The highest BCUT2D eigenvalue weighted by atomic mass is 19.4. The highest BCUT2D eigenvalue weighted by Crippen LogP contribution is 2.33. The molecule has 0 saturated heterocycles. The maximum atomic E-state index is 13.9. The second-order valence-electron chi connectivity index (χ2n) is 4.43. The second kappa shape index (κ2) is 5.27. The van der Waals surface area contributed by atoms with Gasteiger partial charge in [0.15, 0.2) is 5.78 Å². The van der Waals surface area contributed by atoms with Crippen molar-refractivity contribution in [1.82, 2.24) is 0 Å². The van der Waals surface area contributed by atoms with Crippen molar-refractivity contribution in [2.75, 3.05) is 0 Å². The molecule has 0 heterocycles. The molecule has 0 radical (unpaired) electrons. The van der Waals surface area contributed by atoms with Gasteiger partial charge >= 0.3 is 6.18 Å². The Morgan fingerprint density at radius 3 is 2.24 bits per heavy atom. The Morgan fingerprint density at radius 1 is 1.00 bits per heavy atom. The van der Waals surface area contributed by atoms with Crippen molar-refractivity contribution in [2.24, 2.45) is 0 Å². The third-order valence-electron chi connectivity index (χ3n) is 2.99. The molecule has 0 saturated carbocycles. The molecule has 2 aromatic rings. The molecule has 0 fully saturated rings. The predicted molar refractivity (Wildman–Crippen MR) is 66.0 cm³/mol. The average Bonchev–Trinajstić information content (AvgIpc) is 2.42. The van der Waals surface area contributed by atoms with Crippen LogP contribution in [0.2, 0.25) is 0 Å². The number of aryl methyl sites for hydroxylation is 1. The minimum absolute atomic E-state index is 0.0239.